The van der Waals surface area contributed by atoms with Crippen LogP contribution in [-0.4, -0.2) is 33.0 Å². The summed E-state index contributed by atoms with van der Waals surface area (Å²) in [6.07, 6.45) is -0.388. The maximum absolute atomic E-state index is 12.5. The first-order valence-electron chi connectivity index (χ1n) is 8.76. The number of benzene rings is 1. The highest BCUT2D eigenvalue weighted by Gasteiger charge is 2.35. The molecule has 2 N–H and O–H groups in total. The van der Waals surface area contributed by atoms with Crippen LogP contribution in [0.2, 0.25) is 0 Å². The van der Waals surface area contributed by atoms with Crippen molar-refractivity contribution < 1.29 is 27.9 Å². The van der Waals surface area contributed by atoms with Gasteiger partial charge in [-0.25, -0.2) is 14.8 Å². The van der Waals surface area contributed by atoms with E-state index in [1.807, 2.05) is 24.3 Å². The number of aryl methyl sites for hydroxylation is 1. The van der Waals surface area contributed by atoms with E-state index in [1.54, 1.807) is 0 Å². The quantitative estimate of drug-likeness (QED) is 0.814. The molecular formula is C19H18F3N3O3. The van der Waals surface area contributed by atoms with Crippen molar-refractivity contribution in [2.75, 3.05) is 0 Å². The van der Waals surface area contributed by atoms with Gasteiger partial charge in [0, 0.05) is 12.4 Å². The molecule has 2 unspecified atom stereocenters. The minimum absolute atomic E-state index is 0.0183. The molecule has 0 fully saturated rings. The molecule has 0 aliphatic heterocycles. The summed E-state index contributed by atoms with van der Waals surface area (Å²) in [5, 5.41) is 11.9. The van der Waals surface area contributed by atoms with Crippen LogP contribution in [0.3, 0.4) is 0 Å². The summed E-state index contributed by atoms with van der Waals surface area (Å²) >= 11 is 0. The third kappa shape index (κ3) is 4.47. The van der Waals surface area contributed by atoms with Crippen molar-refractivity contribution in [1.82, 2.24) is 15.3 Å². The number of amides is 1. The molecule has 1 aliphatic carbocycles. The van der Waals surface area contributed by atoms with Gasteiger partial charge in [-0.3, -0.25) is 4.79 Å². The molecule has 148 valence electrons. The van der Waals surface area contributed by atoms with Crippen LogP contribution in [-0.2, 0) is 17.4 Å². The van der Waals surface area contributed by atoms with Crippen LogP contribution in [0.1, 0.15) is 52.5 Å². The zero-order valence-electron chi connectivity index (χ0n) is 14.7. The molecule has 28 heavy (non-hydrogen) atoms. The van der Waals surface area contributed by atoms with Crippen LogP contribution in [0.4, 0.5) is 13.2 Å². The van der Waals surface area contributed by atoms with Crippen molar-refractivity contribution >= 4 is 11.9 Å². The average molecular weight is 393 g/mol. The Balaban J connectivity index is 1.72. The van der Waals surface area contributed by atoms with E-state index in [0.29, 0.717) is 0 Å². The van der Waals surface area contributed by atoms with Crippen molar-refractivity contribution in [3.8, 4) is 0 Å². The number of hydrogen-bond acceptors (Lipinski definition) is 4. The number of carboxylic acids is 1. The van der Waals surface area contributed by atoms with E-state index in [9.17, 15) is 27.9 Å². The molecule has 1 aliphatic rings. The summed E-state index contributed by atoms with van der Waals surface area (Å²) in [5.41, 5.74) is 2.01. The highest BCUT2D eigenvalue weighted by atomic mass is 19.4. The Bertz CT molecular complexity index is 869. The van der Waals surface area contributed by atoms with Crippen molar-refractivity contribution in [2.24, 2.45) is 0 Å². The van der Waals surface area contributed by atoms with E-state index in [1.165, 1.54) is 5.56 Å². The molecule has 1 amide bonds. The summed E-state index contributed by atoms with van der Waals surface area (Å²) in [4.78, 5) is 30.2. The molecule has 0 saturated carbocycles. The first-order chi connectivity index (χ1) is 13.3. The number of nitrogens with zero attached hydrogens (tertiary/aromatic N) is 2. The maximum Gasteiger partial charge on any atom is 0.451 e. The molecule has 0 bridgehead atoms. The minimum atomic E-state index is -4.72. The second-order valence-electron chi connectivity index (χ2n) is 6.68. The van der Waals surface area contributed by atoms with Crippen LogP contribution < -0.4 is 5.32 Å². The molecule has 9 heteroatoms. The van der Waals surface area contributed by atoms with E-state index in [-0.39, 0.29) is 17.9 Å². The Morgan fingerprint density at radius 3 is 2.54 bits per heavy atom. The predicted molar refractivity (Wildman–Crippen MR) is 92.7 cm³/mol. The molecule has 0 radical (unpaired) electrons. The van der Waals surface area contributed by atoms with Crippen molar-refractivity contribution in [3.05, 3.63) is 59.2 Å². The molecule has 1 heterocycles. The van der Waals surface area contributed by atoms with E-state index < -0.39 is 29.9 Å². The SMILES string of the molecule is O=C(NC(CC1CCCc2ccccc21)C(=O)O)c1cnc(C(F)(F)F)nc1. The Hall–Kier alpha value is -2.97. The van der Waals surface area contributed by atoms with E-state index in [2.05, 4.69) is 15.3 Å². The lowest BCUT2D eigenvalue weighted by molar-refractivity contribution is -0.145. The fourth-order valence-electron chi connectivity index (χ4n) is 3.44. The molecule has 2 atom stereocenters. The molecule has 0 spiro atoms. The van der Waals surface area contributed by atoms with Gasteiger partial charge in [0.25, 0.3) is 5.91 Å². The van der Waals surface area contributed by atoms with Crippen LogP contribution in [0.5, 0.6) is 0 Å². The van der Waals surface area contributed by atoms with Gasteiger partial charge < -0.3 is 10.4 Å². The fourth-order valence-corrected chi connectivity index (χ4v) is 3.44. The van der Waals surface area contributed by atoms with Crippen LogP contribution in [0.25, 0.3) is 0 Å². The normalized spacial score (nSPS) is 17.5. The van der Waals surface area contributed by atoms with E-state index in [0.717, 1.165) is 37.2 Å². The lowest BCUT2D eigenvalue weighted by Gasteiger charge is -2.28. The Kier molecular flexibility index (Phi) is 5.62. The standard InChI is InChI=1S/C19H18F3N3O3/c20-19(21,22)18-23-9-13(10-24-18)16(26)25-15(17(27)28)8-12-6-3-5-11-4-1-2-7-14(11)12/h1-2,4,7,9-10,12,15H,3,5-6,8H2,(H,25,26)(H,27,28). The number of nitrogens with one attached hydrogen (secondary N) is 1. The number of carbonyl (C=O) groups excluding carboxylic acids is 1. The van der Waals surface area contributed by atoms with Crippen LogP contribution in [0, 0.1) is 0 Å². The number of hydrogen-bond donors (Lipinski definition) is 2. The smallest absolute Gasteiger partial charge is 0.451 e. The summed E-state index contributed by atoms with van der Waals surface area (Å²) in [6.45, 7) is 0. The monoisotopic (exact) mass is 393 g/mol. The Morgan fingerprint density at radius 1 is 1.21 bits per heavy atom. The second-order valence-corrected chi connectivity index (χ2v) is 6.68. The topological polar surface area (TPSA) is 92.2 Å². The molecule has 1 aromatic carbocycles. The number of halogens is 3. The zero-order valence-corrected chi connectivity index (χ0v) is 14.7. The fraction of sp³-hybridized carbons (Fsp3) is 0.368. The molecule has 3 rings (SSSR count). The van der Waals surface area contributed by atoms with Gasteiger partial charge in [0.2, 0.25) is 5.82 Å². The summed E-state index contributed by atoms with van der Waals surface area (Å²) in [7, 11) is 0. The lowest BCUT2D eigenvalue weighted by Crippen LogP contribution is -2.42. The van der Waals surface area contributed by atoms with E-state index in [4.69, 9.17) is 0 Å². The van der Waals surface area contributed by atoms with Crippen molar-refractivity contribution in [1.29, 1.82) is 0 Å². The first kappa shape index (κ1) is 19.8. The van der Waals surface area contributed by atoms with Gasteiger partial charge in [-0.2, -0.15) is 13.2 Å². The van der Waals surface area contributed by atoms with Gasteiger partial charge in [-0.15, -0.1) is 0 Å². The third-order valence-corrected chi connectivity index (χ3v) is 4.78. The Labute approximate surface area is 158 Å². The number of carbonyl (C=O) groups is 2. The van der Waals surface area contributed by atoms with Gasteiger partial charge in [-0.1, -0.05) is 24.3 Å². The molecule has 2 aromatic rings. The zero-order chi connectivity index (χ0) is 20.3. The number of alkyl halides is 3. The number of carboxylic acid groups (broad SMARTS) is 1. The third-order valence-electron chi connectivity index (χ3n) is 4.78. The maximum atomic E-state index is 12.5. The number of fused-ring (bicyclic) bond motifs is 1. The highest BCUT2D eigenvalue weighted by Crippen LogP contribution is 2.34. The van der Waals surface area contributed by atoms with Gasteiger partial charge in [0.05, 0.1) is 5.56 Å². The predicted octanol–water partition coefficient (Wildman–Crippen LogP) is 3.19. The highest BCUT2D eigenvalue weighted by molar-refractivity contribution is 5.96. The van der Waals surface area contributed by atoms with Gasteiger partial charge in [0.1, 0.15) is 6.04 Å². The minimum Gasteiger partial charge on any atom is -0.480 e. The summed E-state index contributed by atoms with van der Waals surface area (Å²) < 4.78 is 37.5. The number of aromatic nitrogens is 2. The number of aliphatic carboxylic acids is 1. The van der Waals surface area contributed by atoms with Crippen LogP contribution in [0.15, 0.2) is 36.7 Å². The van der Waals surface area contributed by atoms with Crippen molar-refractivity contribution in [2.45, 2.75) is 43.8 Å². The number of rotatable bonds is 5. The Morgan fingerprint density at radius 2 is 1.89 bits per heavy atom. The largest absolute Gasteiger partial charge is 0.480 e. The molecular weight excluding hydrogens is 375 g/mol. The first-order valence-corrected chi connectivity index (χ1v) is 8.76. The van der Waals surface area contributed by atoms with Crippen LogP contribution >= 0.6 is 0 Å². The second kappa shape index (κ2) is 7.95. The van der Waals surface area contributed by atoms with Gasteiger partial charge in [0.15, 0.2) is 0 Å². The summed E-state index contributed by atoms with van der Waals surface area (Å²) in [5.74, 6) is -3.41. The average Bonchev–Trinajstić information content (AvgIpc) is 2.67. The van der Waals surface area contributed by atoms with E-state index >= 15 is 0 Å². The lowest BCUT2D eigenvalue weighted by atomic mass is 9.79. The summed E-state index contributed by atoms with van der Waals surface area (Å²) in [6, 6.07) is 6.62. The molecule has 0 saturated heterocycles. The van der Waals surface area contributed by atoms with Gasteiger partial charge in [-0.05, 0) is 42.7 Å². The van der Waals surface area contributed by atoms with Gasteiger partial charge >= 0.3 is 12.1 Å². The molecule has 6 nitrogen and oxygen atoms in total. The molecule has 1 aromatic heterocycles. The van der Waals surface area contributed by atoms with Crippen molar-refractivity contribution in [3.63, 3.8) is 0 Å².